The van der Waals surface area contributed by atoms with Crippen molar-refractivity contribution in [3.8, 4) is 0 Å². The van der Waals surface area contributed by atoms with Crippen LogP contribution >= 0.6 is 0 Å². The maximum atomic E-state index is 13.4. The van der Waals surface area contributed by atoms with Gasteiger partial charge in [0.15, 0.2) is 5.76 Å². The van der Waals surface area contributed by atoms with Crippen molar-refractivity contribution in [2.24, 2.45) is 0 Å². The summed E-state index contributed by atoms with van der Waals surface area (Å²) < 4.78 is 6.82. The topological polar surface area (TPSA) is 97.4 Å². The minimum absolute atomic E-state index is 0.0644. The summed E-state index contributed by atoms with van der Waals surface area (Å²) in [5, 5.41) is 11.5. The van der Waals surface area contributed by atoms with Crippen LogP contribution in [0.1, 0.15) is 42.7 Å². The molecule has 0 atom stereocenters. The number of furan rings is 1. The molecular formula is C17H22N6O3. The van der Waals surface area contributed by atoms with Gasteiger partial charge in [0.2, 0.25) is 0 Å². The van der Waals surface area contributed by atoms with Crippen LogP contribution in [0.5, 0.6) is 0 Å². The van der Waals surface area contributed by atoms with Gasteiger partial charge in [0.1, 0.15) is 11.9 Å². The summed E-state index contributed by atoms with van der Waals surface area (Å²) in [7, 11) is 0. The van der Waals surface area contributed by atoms with E-state index in [1.54, 1.807) is 28.0 Å². The lowest BCUT2D eigenvalue weighted by Gasteiger charge is -2.42. The number of piperazine rings is 1. The Labute approximate surface area is 150 Å². The van der Waals surface area contributed by atoms with E-state index in [-0.39, 0.29) is 11.8 Å². The molecule has 0 radical (unpaired) electrons. The van der Waals surface area contributed by atoms with E-state index in [1.165, 1.54) is 6.26 Å². The zero-order valence-electron chi connectivity index (χ0n) is 14.6. The first-order valence-electron chi connectivity index (χ1n) is 9.06. The molecule has 2 aromatic rings. The number of amides is 2. The van der Waals surface area contributed by atoms with Crippen LogP contribution in [0.25, 0.3) is 0 Å². The van der Waals surface area contributed by atoms with Crippen LogP contribution in [0.4, 0.5) is 0 Å². The molecule has 0 aromatic carbocycles. The standard InChI is InChI=1S/C17H22N6O3/c24-15(14-5-4-12-26-14)21-8-10-22(11-9-21)16(25)17(6-2-1-3-7-17)23-13-18-19-20-23/h4-5,12-13H,1-3,6-11H2. The molecule has 0 bridgehead atoms. The molecule has 9 heteroatoms. The van der Waals surface area contributed by atoms with Gasteiger partial charge in [-0.3, -0.25) is 9.59 Å². The van der Waals surface area contributed by atoms with Crippen molar-refractivity contribution < 1.29 is 14.0 Å². The number of nitrogens with zero attached hydrogens (tertiary/aromatic N) is 6. The smallest absolute Gasteiger partial charge is 0.289 e. The molecule has 0 N–H and O–H groups in total. The summed E-state index contributed by atoms with van der Waals surface area (Å²) in [5.74, 6) is 0.270. The zero-order valence-corrected chi connectivity index (χ0v) is 14.6. The van der Waals surface area contributed by atoms with Crippen molar-refractivity contribution in [2.75, 3.05) is 26.2 Å². The van der Waals surface area contributed by atoms with Crippen LogP contribution in [0.15, 0.2) is 29.1 Å². The lowest BCUT2D eigenvalue weighted by Crippen LogP contribution is -2.58. The highest BCUT2D eigenvalue weighted by atomic mass is 16.3. The number of aromatic nitrogens is 4. The van der Waals surface area contributed by atoms with E-state index in [2.05, 4.69) is 15.5 Å². The molecule has 138 valence electrons. The Kier molecular flexibility index (Phi) is 4.44. The van der Waals surface area contributed by atoms with Crippen molar-refractivity contribution >= 4 is 11.8 Å². The van der Waals surface area contributed by atoms with Gasteiger partial charge in [-0.1, -0.05) is 19.3 Å². The molecule has 2 aromatic heterocycles. The monoisotopic (exact) mass is 358 g/mol. The number of carbonyl (C=O) groups excluding carboxylic acids is 2. The first kappa shape index (κ1) is 16.7. The van der Waals surface area contributed by atoms with E-state index >= 15 is 0 Å². The minimum atomic E-state index is -0.686. The second-order valence-electron chi connectivity index (χ2n) is 6.91. The van der Waals surface area contributed by atoms with Gasteiger partial charge >= 0.3 is 0 Å². The van der Waals surface area contributed by atoms with Crippen molar-refractivity contribution in [2.45, 2.75) is 37.6 Å². The van der Waals surface area contributed by atoms with Crippen LogP contribution in [0.2, 0.25) is 0 Å². The van der Waals surface area contributed by atoms with E-state index in [4.69, 9.17) is 4.42 Å². The number of tetrazole rings is 1. The average molecular weight is 358 g/mol. The van der Waals surface area contributed by atoms with E-state index in [9.17, 15) is 9.59 Å². The molecule has 0 unspecified atom stereocenters. The van der Waals surface area contributed by atoms with Gasteiger partial charge in [-0.25, -0.2) is 4.68 Å². The average Bonchev–Trinajstić information content (AvgIpc) is 3.41. The van der Waals surface area contributed by atoms with E-state index in [0.717, 1.165) is 32.1 Å². The van der Waals surface area contributed by atoms with Crippen LogP contribution in [-0.2, 0) is 10.3 Å². The molecule has 3 heterocycles. The summed E-state index contributed by atoms with van der Waals surface area (Å²) in [6, 6.07) is 3.36. The lowest BCUT2D eigenvalue weighted by atomic mass is 9.80. The van der Waals surface area contributed by atoms with Crippen molar-refractivity contribution in [1.82, 2.24) is 30.0 Å². The molecule has 1 aliphatic carbocycles. The van der Waals surface area contributed by atoms with E-state index in [1.807, 2.05) is 4.90 Å². The van der Waals surface area contributed by atoms with Gasteiger partial charge in [0.25, 0.3) is 11.8 Å². The molecule has 2 amide bonds. The van der Waals surface area contributed by atoms with Gasteiger partial charge in [-0.2, -0.15) is 0 Å². The van der Waals surface area contributed by atoms with Crippen LogP contribution in [-0.4, -0.2) is 68.0 Å². The normalized spacial score (nSPS) is 20.2. The number of rotatable bonds is 3. The Morgan fingerprint density at radius 2 is 1.77 bits per heavy atom. The Morgan fingerprint density at radius 3 is 2.38 bits per heavy atom. The number of carbonyl (C=O) groups is 2. The molecular weight excluding hydrogens is 336 g/mol. The van der Waals surface area contributed by atoms with Crippen molar-refractivity contribution in [3.63, 3.8) is 0 Å². The lowest BCUT2D eigenvalue weighted by molar-refractivity contribution is -0.145. The fourth-order valence-electron chi connectivity index (χ4n) is 4.00. The predicted molar refractivity (Wildman–Crippen MR) is 90.1 cm³/mol. The Bertz CT molecular complexity index is 744. The largest absolute Gasteiger partial charge is 0.459 e. The van der Waals surface area contributed by atoms with Crippen molar-refractivity contribution in [1.29, 1.82) is 0 Å². The SMILES string of the molecule is O=C(c1ccco1)N1CCN(C(=O)C2(n3cnnn3)CCCCC2)CC1. The van der Waals surface area contributed by atoms with Crippen LogP contribution in [0.3, 0.4) is 0 Å². The maximum absolute atomic E-state index is 13.4. The third-order valence-electron chi connectivity index (χ3n) is 5.45. The van der Waals surface area contributed by atoms with Gasteiger partial charge in [-0.05, 0) is 35.4 Å². The highest BCUT2D eigenvalue weighted by Crippen LogP contribution is 2.36. The number of hydrogen-bond donors (Lipinski definition) is 0. The van der Waals surface area contributed by atoms with Crippen molar-refractivity contribution in [3.05, 3.63) is 30.5 Å². The van der Waals surface area contributed by atoms with Gasteiger partial charge < -0.3 is 14.2 Å². The summed E-state index contributed by atoms with van der Waals surface area (Å²) in [6.07, 6.45) is 7.64. The molecule has 1 saturated carbocycles. The Morgan fingerprint density at radius 1 is 1.04 bits per heavy atom. The molecule has 4 rings (SSSR count). The fourth-order valence-corrected chi connectivity index (χ4v) is 4.00. The first-order valence-corrected chi connectivity index (χ1v) is 9.06. The molecule has 1 aliphatic heterocycles. The van der Waals surface area contributed by atoms with Gasteiger partial charge in [0.05, 0.1) is 6.26 Å². The number of hydrogen-bond acceptors (Lipinski definition) is 6. The quantitative estimate of drug-likeness (QED) is 0.809. The first-order chi connectivity index (χ1) is 12.7. The molecule has 0 spiro atoms. The van der Waals surface area contributed by atoms with Crippen LogP contribution < -0.4 is 0 Å². The van der Waals surface area contributed by atoms with Gasteiger partial charge in [-0.15, -0.1) is 5.10 Å². The molecule has 26 heavy (non-hydrogen) atoms. The molecule has 2 fully saturated rings. The summed E-state index contributed by atoms with van der Waals surface area (Å²) in [5.41, 5.74) is -0.686. The highest BCUT2D eigenvalue weighted by Gasteiger charge is 2.45. The molecule has 9 nitrogen and oxygen atoms in total. The van der Waals surface area contributed by atoms with E-state index in [0.29, 0.717) is 31.9 Å². The summed E-state index contributed by atoms with van der Waals surface area (Å²) >= 11 is 0. The molecule has 1 saturated heterocycles. The Balaban J connectivity index is 1.46. The zero-order chi connectivity index (χ0) is 18.0. The second-order valence-corrected chi connectivity index (χ2v) is 6.91. The maximum Gasteiger partial charge on any atom is 0.289 e. The third-order valence-corrected chi connectivity index (χ3v) is 5.45. The summed E-state index contributed by atoms with van der Waals surface area (Å²) in [4.78, 5) is 29.3. The predicted octanol–water partition coefficient (Wildman–Crippen LogP) is 0.910. The summed E-state index contributed by atoms with van der Waals surface area (Å²) in [6.45, 7) is 2.01. The van der Waals surface area contributed by atoms with Crippen LogP contribution in [0, 0.1) is 0 Å². The highest BCUT2D eigenvalue weighted by molar-refractivity contribution is 5.91. The third kappa shape index (κ3) is 2.87. The second kappa shape index (κ2) is 6.89. The van der Waals surface area contributed by atoms with Gasteiger partial charge in [0, 0.05) is 26.2 Å². The van der Waals surface area contributed by atoms with E-state index < -0.39 is 5.54 Å². The minimum Gasteiger partial charge on any atom is -0.459 e. The fraction of sp³-hybridized carbons (Fsp3) is 0.588. The molecule has 2 aliphatic rings. The Hall–Kier alpha value is -2.71.